The lowest BCUT2D eigenvalue weighted by molar-refractivity contribution is -0.174. The monoisotopic (exact) mass is 323 g/mol. The number of anilines is 1. The van der Waals surface area contributed by atoms with Gasteiger partial charge in [0, 0.05) is 5.69 Å². The maximum absolute atomic E-state index is 12.0. The third-order valence-corrected chi connectivity index (χ3v) is 3.03. The Morgan fingerprint density at radius 2 is 1.65 bits per heavy atom. The second kappa shape index (κ2) is 7.78. The molecule has 1 amide bonds. The van der Waals surface area contributed by atoms with Crippen molar-refractivity contribution in [2.75, 3.05) is 18.5 Å². The van der Waals surface area contributed by atoms with Gasteiger partial charge in [0.2, 0.25) is 5.91 Å². The Morgan fingerprint density at radius 3 is 2.35 bits per heavy atom. The Balaban J connectivity index is 1.96. The lowest BCUT2D eigenvalue weighted by atomic mass is 10.0. The quantitative estimate of drug-likeness (QED) is 0.878. The third kappa shape index (κ3) is 6.12. The fourth-order valence-electron chi connectivity index (χ4n) is 2.06. The molecule has 0 fully saturated rings. The normalized spacial score (nSPS) is 11.3. The van der Waals surface area contributed by atoms with Crippen LogP contribution in [0.1, 0.15) is 11.1 Å². The Hall–Kier alpha value is -2.34. The van der Waals surface area contributed by atoms with Gasteiger partial charge < -0.3 is 10.1 Å². The van der Waals surface area contributed by atoms with E-state index in [1.807, 2.05) is 42.5 Å². The average molecular weight is 323 g/mol. The van der Waals surface area contributed by atoms with E-state index in [1.54, 1.807) is 12.1 Å². The first-order valence-electron chi connectivity index (χ1n) is 7.00. The summed E-state index contributed by atoms with van der Waals surface area (Å²) in [7, 11) is 0. The number of hydrogen-bond donors (Lipinski definition) is 1. The first kappa shape index (κ1) is 17.0. The van der Waals surface area contributed by atoms with Gasteiger partial charge in [-0.15, -0.1) is 0 Å². The number of carbonyl (C=O) groups is 1. The summed E-state index contributed by atoms with van der Waals surface area (Å²) in [5.74, 6) is -0.616. The number of para-hydroxylation sites is 1. The standard InChI is InChI=1S/C17H16F3NO2/c18-17(19,20)12-23-11-16(22)21-15-9-5-4-8-14(15)10-13-6-2-1-3-7-13/h1-9H,10-12H2,(H,21,22). The van der Waals surface area contributed by atoms with Crippen LogP contribution >= 0.6 is 0 Å². The molecule has 0 aliphatic rings. The average Bonchev–Trinajstić information content (AvgIpc) is 2.49. The van der Waals surface area contributed by atoms with Gasteiger partial charge in [-0.1, -0.05) is 48.5 Å². The van der Waals surface area contributed by atoms with Crippen LogP contribution in [0, 0.1) is 0 Å². The minimum Gasteiger partial charge on any atom is -0.362 e. The van der Waals surface area contributed by atoms with Crippen molar-refractivity contribution in [1.29, 1.82) is 0 Å². The van der Waals surface area contributed by atoms with Crippen molar-refractivity contribution in [1.82, 2.24) is 0 Å². The van der Waals surface area contributed by atoms with Crippen molar-refractivity contribution < 1.29 is 22.7 Å². The lowest BCUT2D eigenvalue weighted by Gasteiger charge is -2.12. The Morgan fingerprint density at radius 1 is 1.00 bits per heavy atom. The van der Waals surface area contributed by atoms with Crippen LogP contribution in [-0.2, 0) is 16.0 Å². The van der Waals surface area contributed by atoms with Gasteiger partial charge >= 0.3 is 6.18 Å². The predicted octanol–water partition coefficient (Wildman–Crippen LogP) is 3.79. The van der Waals surface area contributed by atoms with E-state index >= 15 is 0 Å². The van der Waals surface area contributed by atoms with Crippen molar-refractivity contribution in [3.05, 3.63) is 65.7 Å². The van der Waals surface area contributed by atoms with Crippen LogP contribution in [0.4, 0.5) is 18.9 Å². The summed E-state index contributed by atoms with van der Waals surface area (Å²) in [6.07, 6.45) is -3.83. The van der Waals surface area contributed by atoms with E-state index in [2.05, 4.69) is 10.1 Å². The molecule has 2 aromatic rings. The number of halogens is 3. The maximum Gasteiger partial charge on any atom is 0.411 e. The summed E-state index contributed by atoms with van der Waals surface area (Å²) in [6.45, 7) is -2.08. The molecule has 2 aromatic carbocycles. The van der Waals surface area contributed by atoms with E-state index in [0.717, 1.165) is 11.1 Å². The third-order valence-electron chi connectivity index (χ3n) is 3.03. The Labute approximate surface area is 132 Å². The highest BCUT2D eigenvalue weighted by Crippen LogP contribution is 2.19. The van der Waals surface area contributed by atoms with E-state index in [-0.39, 0.29) is 0 Å². The maximum atomic E-state index is 12.0. The predicted molar refractivity (Wildman–Crippen MR) is 81.2 cm³/mol. The van der Waals surface area contributed by atoms with Crippen molar-refractivity contribution in [3.63, 3.8) is 0 Å². The summed E-state index contributed by atoms with van der Waals surface area (Å²) in [4.78, 5) is 11.7. The van der Waals surface area contributed by atoms with Crippen LogP contribution in [-0.4, -0.2) is 25.3 Å². The van der Waals surface area contributed by atoms with Gasteiger partial charge in [-0.2, -0.15) is 13.2 Å². The number of benzene rings is 2. The smallest absolute Gasteiger partial charge is 0.362 e. The van der Waals surface area contributed by atoms with Gasteiger partial charge in [0.15, 0.2) is 0 Å². The number of amides is 1. The summed E-state index contributed by atoms with van der Waals surface area (Å²) in [6, 6.07) is 16.8. The van der Waals surface area contributed by atoms with Crippen LogP contribution in [0.3, 0.4) is 0 Å². The first-order valence-corrected chi connectivity index (χ1v) is 7.00. The highest BCUT2D eigenvalue weighted by molar-refractivity contribution is 5.92. The molecule has 1 N–H and O–H groups in total. The molecule has 0 aliphatic carbocycles. The van der Waals surface area contributed by atoms with E-state index in [9.17, 15) is 18.0 Å². The van der Waals surface area contributed by atoms with Crippen LogP contribution in [0.25, 0.3) is 0 Å². The topological polar surface area (TPSA) is 38.3 Å². The molecule has 0 aliphatic heterocycles. The zero-order chi connectivity index (χ0) is 16.7. The van der Waals surface area contributed by atoms with Crippen molar-refractivity contribution in [2.45, 2.75) is 12.6 Å². The summed E-state index contributed by atoms with van der Waals surface area (Å²) < 4.78 is 40.3. The molecule has 0 bridgehead atoms. The SMILES string of the molecule is O=C(COCC(F)(F)F)Nc1ccccc1Cc1ccccc1. The van der Waals surface area contributed by atoms with Crippen molar-refractivity contribution >= 4 is 11.6 Å². The number of ether oxygens (including phenoxy) is 1. The Kier molecular flexibility index (Phi) is 5.76. The summed E-state index contributed by atoms with van der Waals surface area (Å²) in [5, 5.41) is 2.59. The lowest BCUT2D eigenvalue weighted by Crippen LogP contribution is -2.24. The van der Waals surface area contributed by atoms with Crippen LogP contribution in [0.5, 0.6) is 0 Å². The molecule has 122 valence electrons. The Bertz CT molecular complexity index is 642. The minimum absolute atomic E-state index is 0.567. The van der Waals surface area contributed by atoms with Crippen LogP contribution in [0.15, 0.2) is 54.6 Å². The van der Waals surface area contributed by atoms with Crippen molar-refractivity contribution in [2.24, 2.45) is 0 Å². The molecule has 0 aromatic heterocycles. The van der Waals surface area contributed by atoms with E-state index in [0.29, 0.717) is 12.1 Å². The van der Waals surface area contributed by atoms with Crippen LogP contribution in [0.2, 0.25) is 0 Å². The van der Waals surface area contributed by atoms with Gasteiger partial charge in [0.1, 0.15) is 13.2 Å². The highest BCUT2D eigenvalue weighted by atomic mass is 19.4. The molecule has 0 radical (unpaired) electrons. The fourth-order valence-corrected chi connectivity index (χ4v) is 2.06. The fraction of sp³-hybridized carbons (Fsp3) is 0.235. The molecule has 6 heteroatoms. The summed E-state index contributed by atoms with van der Waals surface area (Å²) in [5.41, 5.74) is 2.52. The molecule has 0 saturated heterocycles. The molecule has 2 rings (SSSR count). The summed E-state index contributed by atoms with van der Waals surface area (Å²) >= 11 is 0. The second-order valence-electron chi connectivity index (χ2n) is 4.98. The molecule has 0 spiro atoms. The number of carbonyl (C=O) groups excluding carboxylic acids is 1. The van der Waals surface area contributed by atoms with Crippen LogP contribution < -0.4 is 5.32 Å². The first-order chi connectivity index (χ1) is 10.9. The largest absolute Gasteiger partial charge is 0.411 e. The number of alkyl halides is 3. The van der Waals surface area contributed by atoms with Crippen molar-refractivity contribution in [3.8, 4) is 0 Å². The van der Waals surface area contributed by atoms with Gasteiger partial charge in [-0.25, -0.2) is 0 Å². The zero-order valence-corrected chi connectivity index (χ0v) is 12.3. The van der Waals surface area contributed by atoms with Gasteiger partial charge in [-0.3, -0.25) is 4.79 Å². The van der Waals surface area contributed by atoms with E-state index < -0.39 is 25.3 Å². The molecule has 23 heavy (non-hydrogen) atoms. The molecular weight excluding hydrogens is 307 g/mol. The number of nitrogens with one attached hydrogen (secondary N) is 1. The second-order valence-corrected chi connectivity index (χ2v) is 4.98. The molecule has 3 nitrogen and oxygen atoms in total. The molecule has 0 atom stereocenters. The number of rotatable bonds is 6. The zero-order valence-electron chi connectivity index (χ0n) is 12.3. The molecule has 0 unspecified atom stereocenters. The number of hydrogen-bond acceptors (Lipinski definition) is 2. The molecular formula is C17H16F3NO2. The molecule has 0 saturated carbocycles. The minimum atomic E-state index is -4.44. The van der Waals surface area contributed by atoms with Gasteiger partial charge in [-0.05, 0) is 23.6 Å². The van der Waals surface area contributed by atoms with Gasteiger partial charge in [0.25, 0.3) is 0 Å². The van der Waals surface area contributed by atoms with E-state index in [4.69, 9.17) is 0 Å². The molecule has 0 heterocycles. The van der Waals surface area contributed by atoms with Gasteiger partial charge in [0.05, 0.1) is 0 Å². The van der Waals surface area contributed by atoms with E-state index in [1.165, 1.54) is 0 Å². The highest BCUT2D eigenvalue weighted by Gasteiger charge is 2.27.